The summed E-state index contributed by atoms with van der Waals surface area (Å²) in [5.41, 5.74) is 10.2. The van der Waals surface area contributed by atoms with E-state index in [0.29, 0.717) is 23.0 Å². The molecule has 0 saturated carbocycles. The molecule has 3 rings (SSSR count). The lowest BCUT2D eigenvalue weighted by Gasteiger charge is -2.14. The monoisotopic (exact) mass is 321 g/mol. The van der Waals surface area contributed by atoms with Gasteiger partial charge in [0.15, 0.2) is 0 Å². The van der Waals surface area contributed by atoms with Crippen molar-refractivity contribution in [3.05, 3.63) is 48.9 Å². The smallest absolute Gasteiger partial charge is 0.150 e. The summed E-state index contributed by atoms with van der Waals surface area (Å²) in [6.45, 7) is 0. The van der Waals surface area contributed by atoms with Crippen LogP contribution in [0.5, 0.6) is 5.75 Å². The normalized spacial score (nSPS) is 10.5. The van der Waals surface area contributed by atoms with E-state index >= 15 is 0 Å². The predicted molar refractivity (Wildman–Crippen MR) is 96.0 cm³/mol. The molecule has 0 atom stereocenters. The number of benzene rings is 1. The first kappa shape index (κ1) is 15.7. The summed E-state index contributed by atoms with van der Waals surface area (Å²) in [5, 5.41) is 0. The second kappa shape index (κ2) is 6.54. The maximum absolute atomic E-state index is 6.05. The molecule has 0 spiro atoms. The fourth-order valence-corrected chi connectivity index (χ4v) is 2.35. The van der Waals surface area contributed by atoms with Crippen molar-refractivity contribution in [3.8, 4) is 28.3 Å². The minimum Gasteiger partial charge on any atom is -0.495 e. The van der Waals surface area contributed by atoms with E-state index in [1.54, 1.807) is 25.7 Å². The van der Waals surface area contributed by atoms with Gasteiger partial charge in [-0.25, -0.2) is 9.97 Å². The Morgan fingerprint density at radius 3 is 2.62 bits per heavy atom. The molecule has 0 fully saturated rings. The number of nitrogens with two attached hydrogens (primary N) is 1. The van der Waals surface area contributed by atoms with Gasteiger partial charge in [0.2, 0.25) is 0 Å². The Hall–Kier alpha value is -3.15. The average Bonchev–Trinajstić information content (AvgIpc) is 2.62. The summed E-state index contributed by atoms with van der Waals surface area (Å²) in [6.07, 6.45) is 5.02. The maximum Gasteiger partial charge on any atom is 0.150 e. The molecular formula is C18H19N5O. The molecule has 6 nitrogen and oxygen atoms in total. The highest BCUT2D eigenvalue weighted by Crippen LogP contribution is 2.29. The van der Waals surface area contributed by atoms with Crippen molar-refractivity contribution in [1.82, 2.24) is 15.0 Å². The number of pyridine rings is 1. The maximum atomic E-state index is 6.05. The number of hydrogen-bond acceptors (Lipinski definition) is 6. The second-order valence-corrected chi connectivity index (χ2v) is 5.55. The minimum atomic E-state index is 0.394. The van der Waals surface area contributed by atoms with E-state index in [4.69, 9.17) is 10.5 Å². The Balaban J connectivity index is 2.08. The van der Waals surface area contributed by atoms with Crippen LogP contribution in [0.3, 0.4) is 0 Å². The zero-order chi connectivity index (χ0) is 17.1. The molecule has 0 bridgehead atoms. The molecule has 0 radical (unpaired) electrons. The van der Waals surface area contributed by atoms with E-state index in [9.17, 15) is 0 Å². The predicted octanol–water partition coefficient (Wildman–Crippen LogP) is 2.86. The lowest BCUT2D eigenvalue weighted by atomic mass is 10.1. The van der Waals surface area contributed by atoms with Gasteiger partial charge < -0.3 is 15.4 Å². The molecule has 0 aliphatic heterocycles. The van der Waals surface area contributed by atoms with Crippen LogP contribution in [0, 0.1) is 0 Å². The highest BCUT2D eigenvalue weighted by Gasteiger charge is 2.11. The number of aromatic nitrogens is 3. The van der Waals surface area contributed by atoms with Crippen molar-refractivity contribution in [2.75, 3.05) is 31.8 Å². The van der Waals surface area contributed by atoms with Gasteiger partial charge in [-0.05, 0) is 18.2 Å². The van der Waals surface area contributed by atoms with Crippen LogP contribution in [0.4, 0.5) is 11.5 Å². The van der Waals surface area contributed by atoms with Gasteiger partial charge in [0.05, 0.1) is 25.2 Å². The lowest BCUT2D eigenvalue weighted by molar-refractivity contribution is 0.413. The highest BCUT2D eigenvalue weighted by molar-refractivity contribution is 5.75. The molecule has 0 amide bonds. The molecule has 122 valence electrons. The van der Waals surface area contributed by atoms with Crippen molar-refractivity contribution in [3.63, 3.8) is 0 Å². The zero-order valence-corrected chi connectivity index (χ0v) is 13.9. The first-order chi connectivity index (χ1) is 11.6. The van der Waals surface area contributed by atoms with Gasteiger partial charge in [-0.1, -0.05) is 12.1 Å². The third kappa shape index (κ3) is 3.12. The van der Waals surface area contributed by atoms with Crippen molar-refractivity contribution in [2.24, 2.45) is 0 Å². The van der Waals surface area contributed by atoms with Crippen LogP contribution in [0.25, 0.3) is 22.5 Å². The van der Waals surface area contributed by atoms with E-state index in [0.717, 1.165) is 16.8 Å². The first-order valence-electron chi connectivity index (χ1n) is 7.48. The summed E-state index contributed by atoms with van der Waals surface area (Å²) in [7, 11) is 5.59. The summed E-state index contributed by atoms with van der Waals surface area (Å²) in [4.78, 5) is 15.2. The molecule has 0 aliphatic rings. The van der Waals surface area contributed by atoms with Crippen LogP contribution in [0.1, 0.15) is 0 Å². The third-order valence-corrected chi connectivity index (χ3v) is 3.68. The van der Waals surface area contributed by atoms with Crippen molar-refractivity contribution in [1.29, 1.82) is 0 Å². The largest absolute Gasteiger partial charge is 0.495 e. The standard InChI is InChI=1S/C18H19N5O/c1-23(2)14-6-4-5-12(7-14)17-18(19)21-11-16(22-17)13-8-15(24-3)10-20-9-13/h4-11H,1-3H3,(H2,19,21). The average molecular weight is 321 g/mol. The molecule has 2 aromatic heterocycles. The SMILES string of the molecule is COc1cncc(-c2cnc(N)c(-c3cccc(N(C)C)c3)n2)c1. The van der Waals surface area contributed by atoms with Crippen LogP contribution in [-0.4, -0.2) is 36.2 Å². The highest BCUT2D eigenvalue weighted by atomic mass is 16.5. The van der Waals surface area contributed by atoms with E-state index in [2.05, 4.69) is 15.0 Å². The third-order valence-electron chi connectivity index (χ3n) is 3.68. The molecule has 0 aliphatic carbocycles. The molecule has 1 aromatic carbocycles. The lowest BCUT2D eigenvalue weighted by Crippen LogP contribution is -2.08. The number of nitrogen functional groups attached to an aromatic ring is 1. The molecule has 6 heteroatoms. The number of methoxy groups -OCH3 is 1. The molecule has 0 saturated heterocycles. The summed E-state index contributed by atoms with van der Waals surface area (Å²) in [6, 6.07) is 9.89. The van der Waals surface area contributed by atoms with Gasteiger partial charge in [0.1, 0.15) is 17.3 Å². The minimum absolute atomic E-state index is 0.394. The fraction of sp³-hybridized carbons (Fsp3) is 0.167. The number of anilines is 2. The van der Waals surface area contributed by atoms with Gasteiger partial charge >= 0.3 is 0 Å². The zero-order valence-electron chi connectivity index (χ0n) is 13.9. The first-order valence-corrected chi connectivity index (χ1v) is 7.48. The van der Waals surface area contributed by atoms with E-state index in [1.165, 1.54) is 0 Å². The molecule has 2 heterocycles. The molecular weight excluding hydrogens is 302 g/mol. The van der Waals surface area contributed by atoms with Crippen LogP contribution in [0.2, 0.25) is 0 Å². The van der Waals surface area contributed by atoms with Crippen molar-refractivity contribution >= 4 is 11.5 Å². The van der Waals surface area contributed by atoms with Gasteiger partial charge in [0.25, 0.3) is 0 Å². The molecule has 0 unspecified atom stereocenters. The fourth-order valence-electron chi connectivity index (χ4n) is 2.35. The quantitative estimate of drug-likeness (QED) is 0.796. The summed E-state index contributed by atoms with van der Waals surface area (Å²) in [5.74, 6) is 1.06. The number of ether oxygens (including phenoxy) is 1. The van der Waals surface area contributed by atoms with Gasteiger partial charge in [-0.15, -0.1) is 0 Å². The van der Waals surface area contributed by atoms with Crippen LogP contribution in [-0.2, 0) is 0 Å². The Kier molecular flexibility index (Phi) is 4.29. The van der Waals surface area contributed by atoms with Crippen LogP contribution < -0.4 is 15.4 Å². The number of nitrogens with zero attached hydrogens (tertiary/aromatic N) is 4. The Morgan fingerprint density at radius 2 is 1.88 bits per heavy atom. The number of hydrogen-bond donors (Lipinski definition) is 1. The van der Waals surface area contributed by atoms with E-state index < -0.39 is 0 Å². The molecule has 3 aromatic rings. The van der Waals surface area contributed by atoms with E-state index in [-0.39, 0.29) is 0 Å². The van der Waals surface area contributed by atoms with Gasteiger partial charge in [0, 0.05) is 37.1 Å². The van der Waals surface area contributed by atoms with Crippen molar-refractivity contribution in [2.45, 2.75) is 0 Å². The van der Waals surface area contributed by atoms with Gasteiger partial charge in [-0.3, -0.25) is 4.98 Å². The van der Waals surface area contributed by atoms with Crippen LogP contribution >= 0.6 is 0 Å². The topological polar surface area (TPSA) is 77.2 Å². The summed E-state index contributed by atoms with van der Waals surface area (Å²) < 4.78 is 5.22. The Morgan fingerprint density at radius 1 is 1.04 bits per heavy atom. The number of rotatable bonds is 4. The Labute approximate surface area is 141 Å². The summed E-state index contributed by atoms with van der Waals surface area (Å²) >= 11 is 0. The van der Waals surface area contributed by atoms with E-state index in [1.807, 2.05) is 49.3 Å². The molecule has 2 N–H and O–H groups in total. The van der Waals surface area contributed by atoms with Crippen molar-refractivity contribution < 1.29 is 4.74 Å². The Bertz CT molecular complexity index is 864. The second-order valence-electron chi connectivity index (χ2n) is 5.55. The van der Waals surface area contributed by atoms with Crippen LogP contribution in [0.15, 0.2) is 48.9 Å². The van der Waals surface area contributed by atoms with Gasteiger partial charge in [-0.2, -0.15) is 0 Å². The molecule has 24 heavy (non-hydrogen) atoms.